The summed E-state index contributed by atoms with van der Waals surface area (Å²) in [5, 5.41) is 0. The van der Waals surface area contributed by atoms with Crippen molar-refractivity contribution in [3.8, 4) is 0 Å². The summed E-state index contributed by atoms with van der Waals surface area (Å²) in [6.45, 7) is 0. The third-order valence-electron chi connectivity index (χ3n) is 1.11. The van der Waals surface area contributed by atoms with Gasteiger partial charge in [0, 0.05) is 3.57 Å². The number of quaternary nitrogens is 1. The van der Waals surface area contributed by atoms with Crippen molar-refractivity contribution >= 4 is 32.7 Å². The zero-order chi connectivity index (χ0) is 13.0. The average molecular weight is 357 g/mol. The van der Waals surface area contributed by atoms with Crippen LogP contribution >= 0.6 is 22.6 Å². The first kappa shape index (κ1) is 15.8. The fraction of sp³-hybridized carbons (Fsp3) is 0.400. The largest absolute Gasteiger partial charge is 0.744 e. The Morgan fingerprint density at radius 3 is 1.75 bits per heavy atom. The number of rotatable bonds is 1. The van der Waals surface area contributed by atoms with Crippen LogP contribution in [0.4, 0.5) is 0 Å². The van der Waals surface area contributed by atoms with Crippen LogP contribution in [-0.2, 0) is 10.1 Å². The molecule has 4 nitrogen and oxygen atoms in total. The maximum Gasteiger partial charge on any atom is 0.125 e. The van der Waals surface area contributed by atoms with Crippen LogP contribution in [0.3, 0.4) is 0 Å². The topological polar surface area (TPSA) is 57.2 Å². The molecule has 0 saturated carbocycles. The van der Waals surface area contributed by atoms with Crippen molar-refractivity contribution in [1.82, 2.24) is 0 Å². The highest BCUT2D eigenvalue weighted by Gasteiger charge is 2.03. The number of halogens is 1. The highest BCUT2D eigenvalue weighted by molar-refractivity contribution is 14.1. The van der Waals surface area contributed by atoms with Gasteiger partial charge in [0.05, 0.1) is 33.1 Å². The zero-order valence-electron chi connectivity index (χ0n) is 9.77. The van der Waals surface area contributed by atoms with Gasteiger partial charge in [-0.2, -0.15) is 0 Å². The molecular weight excluding hydrogens is 341 g/mol. The van der Waals surface area contributed by atoms with Gasteiger partial charge in [-0.15, -0.1) is 0 Å². The van der Waals surface area contributed by atoms with E-state index in [4.69, 9.17) is 0 Å². The predicted octanol–water partition coefficient (Wildman–Crippen LogP) is 1.52. The molecule has 0 spiro atoms. The van der Waals surface area contributed by atoms with Gasteiger partial charge in [-0.25, -0.2) is 8.42 Å². The van der Waals surface area contributed by atoms with Gasteiger partial charge < -0.3 is 9.04 Å². The minimum absolute atomic E-state index is 0.152. The van der Waals surface area contributed by atoms with Crippen molar-refractivity contribution in [3.63, 3.8) is 0 Å². The molecule has 0 fully saturated rings. The highest BCUT2D eigenvalue weighted by atomic mass is 127. The van der Waals surface area contributed by atoms with Crippen LogP contribution in [0.25, 0.3) is 0 Å². The molecule has 0 atom stereocenters. The lowest BCUT2D eigenvalue weighted by atomic mass is 10.4. The Labute approximate surface area is 111 Å². The minimum Gasteiger partial charge on any atom is -0.744 e. The summed E-state index contributed by atoms with van der Waals surface area (Å²) in [5.74, 6) is 0. The number of hydrogen-bond acceptors (Lipinski definition) is 3. The first-order valence-electron chi connectivity index (χ1n) is 4.51. The summed E-state index contributed by atoms with van der Waals surface area (Å²) in [6.07, 6.45) is 0. The van der Waals surface area contributed by atoms with E-state index in [0.29, 0.717) is 3.57 Å². The fourth-order valence-electron chi connectivity index (χ4n) is 0.647. The molecule has 0 heterocycles. The van der Waals surface area contributed by atoms with E-state index in [1.165, 1.54) is 12.1 Å². The van der Waals surface area contributed by atoms with Gasteiger partial charge in [0.15, 0.2) is 0 Å². The van der Waals surface area contributed by atoms with Crippen LogP contribution in [0.2, 0.25) is 0 Å². The van der Waals surface area contributed by atoms with Crippen LogP contribution < -0.4 is 0 Å². The Kier molecular flexibility index (Phi) is 5.88. The molecule has 0 bridgehead atoms. The van der Waals surface area contributed by atoms with Gasteiger partial charge in [0.2, 0.25) is 0 Å². The molecule has 0 aliphatic heterocycles. The van der Waals surface area contributed by atoms with Gasteiger partial charge in [-0.1, -0.05) is 12.1 Å². The second-order valence-corrected chi connectivity index (χ2v) is 7.08. The second-order valence-electron chi connectivity index (χ2n) is 4.57. The summed E-state index contributed by atoms with van der Waals surface area (Å²) in [6, 6.07) is 6.07. The lowest BCUT2D eigenvalue weighted by molar-refractivity contribution is -0.849. The summed E-state index contributed by atoms with van der Waals surface area (Å²) < 4.78 is 32.9. The molecule has 0 radical (unpaired) electrons. The van der Waals surface area contributed by atoms with E-state index in [1.807, 2.05) is 0 Å². The monoisotopic (exact) mass is 357 g/mol. The number of nitrogens with zero attached hydrogens (tertiary/aromatic N) is 1. The van der Waals surface area contributed by atoms with Crippen molar-refractivity contribution in [2.24, 2.45) is 0 Å². The standard InChI is InChI=1S/C6H5IO3S.C4H12N/c7-5-3-1-2-4-6(5)11(8,9)10;1-5(2,3)4/h1-4H,(H,8,9,10);1-4H3/q;+1/p-1. The van der Waals surface area contributed by atoms with E-state index in [1.54, 1.807) is 34.7 Å². The SMILES string of the molecule is C[N+](C)(C)C.O=S(=O)([O-])c1ccccc1I. The van der Waals surface area contributed by atoms with Gasteiger partial charge in [0.1, 0.15) is 10.1 Å². The molecule has 0 unspecified atom stereocenters. The Bertz CT molecular complexity index is 432. The van der Waals surface area contributed by atoms with E-state index in [-0.39, 0.29) is 4.90 Å². The van der Waals surface area contributed by atoms with Crippen molar-refractivity contribution in [2.75, 3.05) is 28.2 Å². The molecule has 0 N–H and O–H groups in total. The molecule has 92 valence electrons. The molecule has 0 aromatic heterocycles. The fourth-order valence-corrected chi connectivity index (χ4v) is 2.40. The molecular formula is C10H16INO3S. The minimum atomic E-state index is -4.29. The molecule has 1 rings (SSSR count). The van der Waals surface area contributed by atoms with E-state index >= 15 is 0 Å². The number of benzene rings is 1. The quantitative estimate of drug-likeness (QED) is 0.435. The molecule has 6 heteroatoms. The third-order valence-corrected chi connectivity index (χ3v) is 3.31. The first-order chi connectivity index (χ1) is 7.02. The summed E-state index contributed by atoms with van der Waals surface area (Å²) in [7, 11) is 4.21. The maximum atomic E-state index is 10.5. The molecule has 1 aromatic rings. The summed E-state index contributed by atoms with van der Waals surface area (Å²) in [4.78, 5) is -0.152. The highest BCUT2D eigenvalue weighted by Crippen LogP contribution is 2.16. The smallest absolute Gasteiger partial charge is 0.125 e. The number of hydrogen-bond donors (Lipinski definition) is 0. The van der Waals surface area contributed by atoms with Crippen molar-refractivity contribution in [2.45, 2.75) is 4.90 Å². The Morgan fingerprint density at radius 2 is 1.50 bits per heavy atom. The van der Waals surface area contributed by atoms with Crippen molar-refractivity contribution in [3.05, 3.63) is 27.8 Å². The average Bonchev–Trinajstić information content (AvgIpc) is 1.99. The molecule has 0 amide bonds. The maximum absolute atomic E-state index is 10.5. The third kappa shape index (κ3) is 8.03. The molecule has 0 aliphatic carbocycles. The lowest BCUT2D eigenvalue weighted by Crippen LogP contribution is -2.27. The van der Waals surface area contributed by atoms with E-state index in [9.17, 15) is 13.0 Å². The first-order valence-corrected chi connectivity index (χ1v) is 7.00. The van der Waals surface area contributed by atoms with E-state index < -0.39 is 10.1 Å². The lowest BCUT2D eigenvalue weighted by Gasteiger charge is -2.14. The molecule has 0 saturated heterocycles. The van der Waals surface area contributed by atoms with Crippen LogP contribution in [0.1, 0.15) is 0 Å². The Hall–Kier alpha value is -0.180. The zero-order valence-corrected chi connectivity index (χ0v) is 12.7. The Balaban J connectivity index is 0.000000385. The molecule has 16 heavy (non-hydrogen) atoms. The van der Waals surface area contributed by atoms with Gasteiger partial charge in [-0.05, 0) is 34.7 Å². The van der Waals surface area contributed by atoms with Crippen LogP contribution in [-0.4, -0.2) is 45.6 Å². The Morgan fingerprint density at radius 1 is 1.12 bits per heavy atom. The van der Waals surface area contributed by atoms with Crippen molar-refractivity contribution < 1.29 is 17.5 Å². The van der Waals surface area contributed by atoms with Gasteiger partial charge >= 0.3 is 0 Å². The van der Waals surface area contributed by atoms with Crippen LogP contribution in [0.15, 0.2) is 29.2 Å². The normalized spacial score (nSPS) is 11.6. The van der Waals surface area contributed by atoms with Crippen LogP contribution in [0, 0.1) is 3.57 Å². The predicted molar refractivity (Wildman–Crippen MR) is 71.1 cm³/mol. The van der Waals surface area contributed by atoms with Crippen molar-refractivity contribution in [1.29, 1.82) is 0 Å². The molecule has 1 aromatic carbocycles. The van der Waals surface area contributed by atoms with E-state index in [0.717, 1.165) is 4.48 Å². The van der Waals surface area contributed by atoms with Gasteiger partial charge in [-0.3, -0.25) is 0 Å². The summed E-state index contributed by atoms with van der Waals surface area (Å²) >= 11 is 1.81. The van der Waals surface area contributed by atoms with Gasteiger partial charge in [0.25, 0.3) is 0 Å². The second kappa shape index (κ2) is 5.95. The molecule has 0 aliphatic rings. The van der Waals surface area contributed by atoms with E-state index in [2.05, 4.69) is 28.2 Å². The van der Waals surface area contributed by atoms with Crippen LogP contribution in [0.5, 0.6) is 0 Å². The summed E-state index contributed by atoms with van der Waals surface area (Å²) in [5.41, 5.74) is 0.